The first-order valence-corrected chi connectivity index (χ1v) is 28.5. The molecule has 0 aliphatic rings. The Morgan fingerprint density at radius 3 is 1.49 bits per heavy atom. The van der Waals surface area contributed by atoms with Crippen LogP contribution in [0, 0.1) is 0 Å². The summed E-state index contributed by atoms with van der Waals surface area (Å²) in [7, 11) is -1.64. The van der Waals surface area contributed by atoms with Gasteiger partial charge < -0.3 is 10.2 Å². The van der Waals surface area contributed by atoms with E-state index in [1.54, 1.807) is 94.1 Å². The van der Waals surface area contributed by atoms with Crippen LogP contribution in [0.4, 0.5) is 0 Å². The smallest absolute Gasteiger partial charge is 0.199 e. The number of hydrogen-bond donors (Lipinski definition) is 2. The van der Waals surface area contributed by atoms with Gasteiger partial charge in [0.1, 0.15) is 0 Å². The number of hydrogen-bond acceptors (Lipinski definition) is 18. The van der Waals surface area contributed by atoms with Crippen LogP contribution < -0.4 is 0 Å². The van der Waals surface area contributed by atoms with Gasteiger partial charge in [0.15, 0.2) is 10.2 Å². The molecule has 0 radical (unpaired) electrons. The Bertz CT molecular complexity index is 679. The van der Waals surface area contributed by atoms with Gasteiger partial charge in [0.05, 0.1) is 28.5 Å². The highest BCUT2D eigenvalue weighted by atomic mass is 32.3. The lowest BCUT2D eigenvalue weighted by molar-refractivity contribution is -0.109. The monoisotopic (exact) mass is 836 g/mol. The number of aliphatic hydroxyl groups excluding tert-OH is 2. The van der Waals surface area contributed by atoms with Crippen molar-refractivity contribution in [1.29, 1.82) is 0 Å². The van der Waals surface area contributed by atoms with Crippen LogP contribution in [0.15, 0.2) is 0 Å². The summed E-state index contributed by atoms with van der Waals surface area (Å²) in [4.78, 5) is 23.8. The fraction of sp³-hybridized carbons (Fsp3) is 0.905. The van der Waals surface area contributed by atoms with E-state index in [1.165, 1.54) is 47.0 Å². The summed E-state index contributed by atoms with van der Waals surface area (Å²) in [5.41, 5.74) is 0. The van der Waals surface area contributed by atoms with Gasteiger partial charge in [-0.3, -0.25) is 18.0 Å². The van der Waals surface area contributed by atoms with Gasteiger partial charge in [0.2, 0.25) is 0 Å². The molecule has 0 aliphatic heterocycles. The molecule has 20 heteroatoms. The van der Waals surface area contributed by atoms with Gasteiger partial charge in [-0.1, -0.05) is 23.5 Å². The van der Waals surface area contributed by atoms with Crippen LogP contribution in [0.1, 0.15) is 0 Å². The Morgan fingerprint density at radius 1 is 0.463 bits per heavy atom. The van der Waals surface area contributed by atoms with Crippen molar-refractivity contribution in [2.24, 2.45) is 0 Å². The zero-order valence-corrected chi connectivity index (χ0v) is 34.1. The zero-order chi connectivity index (χ0) is 30.2. The first-order chi connectivity index (χ1) is 20.0. The van der Waals surface area contributed by atoms with Crippen molar-refractivity contribution < 1.29 is 28.2 Å². The number of carbonyl (C=O) groups excluding carboxylic acids is 2. The normalized spacial score (nSPS) is 12.9. The van der Waals surface area contributed by atoms with Gasteiger partial charge in [-0.25, -0.2) is 0 Å². The maximum Gasteiger partial charge on any atom is 0.199 e. The molecular weight excluding hydrogens is 797 g/mol. The van der Waals surface area contributed by atoms with Crippen LogP contribution in [0.2, 0.25) is 0 Å². The van der Waals surface area contributed by atoms with Crippen molar-refractivity contribution in [3.63, 3.8) is 0 Å². The molecule has 41 heavy (non-hydrogen) atoms. The minimum atomic E-state index is -0.850. The Kier molecular flexibility index (Phi) is 39.9. The van der Waals surface area contributed by atoms with E-state index in [1.807, 2.05) is 0 Å². The minimum absolute atomic E-state index is 0.133. The summed E-state index contributed by atoms with van der Waals surface area (Å²) in [6.45, 7) is 0. The first kappa shape index (κ1) is 44.8. The van der Waals surface area contributed by atoms with Gasteiger partial charge in [0, 0.05) is 98.1 Å². The summed E-state index contributed by atoms with van der Waals surface area (Å²) >= 11 is 19.1. The molecule has 0 bridgehead atoms. The SMILES string of the molecule is O=C(CSCSCCS(=O)CSCSCSC(=O)CSCSCCS(=O)CCSCSCO)SCCSCSCO. The Hall–Kier alpha value is 3.76. The lowest BCUT2D eigenvalue weighted by Crippen LogP contribution is -2.07. The lowest BCUT2D eigenvalue weighted by Gasteiger charge is -2.04. The van der Waals surface area contributed by atoms with Crippen molar-refractivity contribution in [1.82, 2.24) is 0 Å². The third-order valence-corrected chi connectivity index (χ3v) is 21.3. The predicted octanol–water partition coefficient (Wildman–Crippen LogP) is 5.94. The third kappa shape index (κ3) is 36.4. The Labute approximate surface area is 302 Å². The van der Waals surface area contributed by atoms with Crippen molar-refractivity contribution in [3.05, 3.63) is 0 Å². The van der Waals surface area contributed by atoms with E-state index in [0.717, 1.165) is 54.2 Å². The summed E-state index contributed by atoms with van der Waals surface area (Å²) in [6.07, 6.45) is 0. The summed E-state index contributed by atoms with van der Waals surface area (Å²) in [6, 6.07) is 0. The molecule has 2 N–H and O–H groups in total. The molecular formula is C21H40O6S14. The van der Waals surface area contributed by atoms with E-state index in [-0.39, 0.29) is 22.1 Å². The fourth-order valence-corrected chi connectivity index (χ4v) is 17.8. The van der Waals surface area contributed by atoms with E-state index >= 15 is 0 Å². The molecule has 0 aromatic heterocycles. The molecule has 0 amide bonds. The number of thioether (sulfide) groups is 12. The number of aliphatic hydroxyl groups is 2. The van der Waals surface area contributed by atoms with Crippen LogP contribution in [-0.4, -0.2) is 134 Å². The second kappa shape index (κ2) is 36.6. The molecule has 2 atom stereocenters. The van der Waals surface area contributed by atoms with Crippen LogP contribution >= 0.6 is 141 Å². The van der Waals surface area contributed by atoms with Gasteiger partial charge >= 0.3 is 0 Å². The van der Waals surface area contributed by atoms with Crippen LogP contribution in [-0.2, 0) is 31.2 Å². The highest BCUT2D eigenvalue weighted by Gasteiger charge is 2.07. The van der Waals surface area contributed by atoms with Gasteiger partial charge in [-0.2, -0.15) is 47.0 Å². The van der Waals surface area contributed by atoms with Crippen molar-refractivity contribution in [3.8, 4) is 0 Å². The predicted molar refractivity (Wildman–Crippen MR) is 214 cm³/mol. The van der Waals surface area contributed by atoms with Crippen molar-refractivity contribution in [2.75, 3.05) is 105 Å². The summed E-state index contributed by atoms with van der Waals surface area (Å²) < 4.78 is 24.1. The second-order valence-electron chi connectivity index (χ2n) is 6.96. The first-order valence-electron chi connectivity index (χ1n) is 12.0. The third-order valence-electron chi connectivity index (χ3n) is 3.83. The van der Waals surface area contributed by atoms with E-state index in [9.17, 15) is 18.0 Å². The number of carbonyl (C=O) groups is 2. The molecule has 0 aliphatic carbocycles. The van der Waals surface area contributed by atoms with E-state index in [2.05, 4.69) is 0 Å². The highest BCUT2D eigenvalue weighted by molar-refractivity contribution is 8.29. The molecule has 0 aromatic rings. The van der Waals surface area contributed by atoms with Crippen molar-refractivity contribution >= 4 is 173 Å². The van der Waals surface area contributed by atoms with Crippen molar-refractivity contribution in [2.45, 2.75) is 0 Å². The topological polar surface area (TPSA) is 109 Å². The maximum absolute atomic E-state index is 12.1. The van der Waals surface area contributed by atoms with Gasteiger partial charge in [0.25, 0.3) is 0 Å². The Balaban J connectivity index is 3.41. The molecule has 0 saturated carbocycles. The maximum atomic E-state index is 12.1. The Morgan fingerprint density at radius 2 is 0.927 bits per heavy atom. The summed E-state index contributed by atoms with van der Waals surface area (Å²) in [5.74, 6) is 7.59. The molecule has 244 valence electrons. The lowest BCUT2D eigenvalue weighted by atomic mass is 10.9. The van der Waals surface area contributed by atoms with Crippen LogP contribution in [0.3, 0.4) is 0 Å². The van der Waals surface area contributed by atoms with E-state index < -0.39 is 21.6 Å². The quantitative estimate of drug-likeness (QED) is 0.0616. The summed E-state index contributed by atoms with van der Waals surface area (Å²) in [5, 5.41) is 23.3. The second-order valence-corrected chi connectivity index (χ2v) is 25.2. The minimum Gasteiger partial charge on any atom is -0.386 e. The molecule has 0 fully saturated rings. The molecule has 2 unspecified atom stereocenters. The standard InChI is InChI=1S/C21H40O6S14/c22-11-34-15-28-1-2-38-20(24)9-32-14-30-5-8-41(27)19-37-17-36-18-39-21(25)10-33-13-29-3-6-40(26)7-4-31-16-35-12-23/h22-23H,1-19H2. The van der Waals surface area contributed by atoms with Gasteiger partial charge in [-0.05, 0) is 0 Å². The average molecular weight is 837 g/mol. The highest BCUT2D eigenvalue weighted by Crippen LogP contribution is 2.22. The van der Waals surface area contributed by atoms with E-state index in [4.69, 9.17) is 10.2 Å². The number of rotatable bonds is 32. The largest absolute Gasteiger partial charge is 0.386 e. The molecule has 0 aromatic carbocycles. The molecule has 0 heterocycles. The van der Waals surface area contributed by atoms with E-state index in [0.29, 0.717) is 38.9 Å². The molecule has 6 nitrogen and oxygen atoms in total. The van der Waals surface area contributed by atoms with Crippen LogP contribution in [0.25, 0.3) is 0 Å². The molecule has 0 spiro atoms. The fourth-order valence-electron chi connectivity index (χ4n) is 2.04. The molecule has 0 rings (SSSR count). The average Bonchev–Trinajstić information content (AvgIpc) is 2.96. The molecule has 0 saturated heterocycles. The van der Waals surface area contributed by atoms with Gasteiger partial charge in [-0.15, -0.1) is 70.6 Å². The zero-order valence-electron chi connectivity index (χ0n) is 22.7. The van der Waals surface area contributed by atoms with Crippen LogP contribution in [0.5, 0.6) is 0 Å².